The molecular formula is C18H18Cl2N2O. The standard InChI is InChI=1S/C18H18Cl2N2O/c1-11-8-17(15-9-13(19)10-16(20)18(15)21-11)22(12(2)23)14-6-4-3-5-7-14/h3-7,9-11,17,21H,8H2,1-2H3/t11-,17+/m1/s1. The molecule has 0 unspecified atom stereocenters. The largest absolute Gasteiger partial charge is 0.381 e. The van der Waals surface area contributed by atoms with E-state index in [4.69, 9.17) is 23.2 Å². The maximum atomic E-state index is 12.4. The second-order valence-electron chi connectivity index (χ2n) is 5.87. The zero-order chi connectivity index (χ0) is 16.6. The molecule has 2 aromatic carbocycles. The monoisotopic (exact) mass is 348 g/mol. The van der Waals surface area contributed by atoms with Crippen LogP contribution in [0.15, 0.2) is 42.5 Å². The van der Waals surface area contributed by atoms with Crippen LogP contribution in [0.3, 0.4) is 0 Å². The predicted molar refractivity (Wildman–Crippen MR) is 96.5 cm³/mol. The molecule has 0 spiro atoms. The maximum Gasteiger partial charge on any atom is 0.224 e. The Morgan fingerprint density at radius 1 is 1.22 bits per heavy atom. The molecule has 23 heavy (non-hydrogen) atoms. The lowest BCUT2D eigenvalue weighted by Gasteiger charge is -2.39. The zero-order valence-corrected chi connectivity index (χ0v) is 14.5. The van der Waals surface area contributed by atoms with Crippen LogP contribution in [-0.2, 0) is 4.79 Å². The molecule has 0 bridgehead atoms. The normalized spacial score (nSPS) is 19.7. The van der Waals surface area contributed by atoms with Crippen LogP contribution in [-0.4, -0.2) is 11.9 Å². The molecule has 0 saturated carbocycles. The first-order chi connectivity index (χ1) is 11.0. The summed E-state index contributed by atoms with van der Waals surface area (Å²) >= 11 is 12.6. The summed E-state index contributed by atoms with van der Waals surface area (Å²) in [6.07, 6.45) is 0.790. The van der Waals surface area contributed by atoms with Gasteiger partial charge in [-0.2, -0.15) is 0 Å². The third kappa shape index (κ3) is 3.17. The van der Waals surface area contributed by atoms with Gasteiger partial charge < -0.3 is 10.2 Å². The summed E-state index contributed by atoms with van der Waals surface area (Å²) < 4.78 is 0. The average molecular weight is 349 g/mol. The van der Waals surface area contributed by atoms with Gasteiger partial charge in [0, 0.05) is 29.2 Å². The third-order valence-electron chi connectivity index (χ3n) is 4.10. The van der Waals surface area contributed by atoms with Gasteiger partial charge in [0.05, 0.1) is 16.8 Å². The van der Waals surface area contributed by atoms with Crippen LogP contribution in [0, 0.1) is 0 Å². The molecule has 0 fully saturated rings. The highest BCUT2D eigenvalue weighted by Gasteiger charge is 2.33. The fraction of sp³-hybridized carbons (Fsp3) is 0.278. The Morgan fingerprint density at radius 3 is 2.57 bits per heavy atom. The number of nitrogens with zero attached hydrogens (tertiary/aromatic N) is 1. The highest BCUT2D eigenvalue weighted by atomic mass is 35.5. The van der Waals surface area contributed by atoms with Crippen molar-refractivity contribution in [2.24, 2.45) is 0 Å². The number of amides is 1. The first kappa shape index (κ1) is 16.2. The maximum absolute atomic E-state index is 12.4. The zero-order valence-electron chi connectivity index (χ0n) is 13.0. The molecule has 1 heterocycles. The SMILES string of the molecule is CC(=O)N(c1ccccc1)[C@H]1C[C@@H](C)Nc2c(Cl)cc(Cl)cc21. The minimum Gasteiger partial charge on any atom is -0.381 e. The number of para-hydroxylation sites is 1. The number of rotatable bonds is 2. The van der Waals surface area contributed by atoms with E-state index in [2.05, 4.69) is 12.2 Å². The van der Waals surface area contributed by atoms with E-state index in [0.29, 0.717) is 10.0 Å². The number of carbonyl (C=O) groups is 1. The lowest BCUT2D eigenvalue weighted by atomic mass is 9.91. The van der Waals surface area contributed by atoms with Gasteiger partial charge in [-0.15, -0.1) is 0 Å². The molecule has 3 nitrogen and oxygen atoms in total. The molecule has 2 aromatic rings. The van der Waals surface area contributed by atoms with Crippen LogP contribution in [0.4, 0.5) is 11.4 Å². The van der Waals surface area contributed by atoms with Gasteiger partial charge in [-0.25, -0.2) is 0 Å². The Labute approximate surface area is 146 Å². The Morgan fingerprint density at radius 2 is 1.91 bits per heavy atom. The van der Waals surface area contributed by atoms with Gasteiger partial charge >= 0.3 is 0 Å². The summed E-state index contributed by atoms with van der Waals surface area (Å²) in [7, 11) is 0. The molecule has 1 amide bonds. The highest BCUT2D eigenvalue weighted by molar-refractivity contribution is 6.36. The van der Waals surface area contributed by atoms with Crippen LogP contribution in [0.5, 0.6) is 0 Å². The predicted octanol–water partition coefficient (Wildman–Crippen LogP) is 5.29. The first-order valence-corrected chi connectivity index (χ1v) is 8.33. The van der Waals surface area contributed by atoms with Crippen LogP contribution < -0.4 is 10.2 Å². The second kappa shape index (κ2) is 6.42. The molecular weight excluding hydrogens is 331 g/mol. The third-order valence-corrected chi connectivity index (χ3v) is 4.61. The van der Waals surface area contributed by atoms with Crippen molar-refractivity contribution in [3.05, 3.63) is 58.1 Å². The molecule has 0 saturated heterocycles. The van der Waals surface area contributed by atoms with Crippen molar-refractivity contribution in [3.63, 3.8) is 0 Å². The van der Waals surface area contributed by atoms with Crippen LogP contribution in [0.2, 0.25) is 10.0 Å². The van der Waals surface area contributed by atoms with E-state index in [1.807, 2.05) is 41.3 Å². The van der Waals surface area contributed by atoms with Gasteiger partial charge in [0.2, 0.25) is 5.91 Å². The Hall–Kier alpha value is -1.71. The van der Waals surface area contributed by atoms with E-state index in [0.717, 1.165) is 23.4 Å². The number of hydrogen-bond acceptors (Lipinski definition) is 2. The van der Waals surface area contributed by atoms with Gasteiger partial charge in [0.15, 0.2) is 0 Å². The van der Waals surface area contributed by atoms with Crippen LogP contribution in [0.1, 0.15) is 31.9 Å². The number of halogens is 2. The molecule has 1 N–H and O–H groups in total. The Balaban J connectivity index is 2.14. The van der Waals surface area contributed by atoms with Crippen LogP contribution in [0.25, 0.3) is 0 Å². The lowest BCUT2D eigenvalue weighted by Crippen LogP contribution is -2.39. The van der Waals surface area contributed by atoms with Crippen molar-refractivity contribution in [3.8, 4) is 0 Å². The topological polar surface area (TPSA) is 32.3 Å². The molecule has 3 rings (SSSR count). The summed E-state index contributed by atoms with van der Waals surface area (Å²) in [6.45, 7) is 3.68. The molecule has 1 aliphatic rings. The summed E-state index contributed by atoms with van der Waals surface area (Å²) in [5.41, 5.74) is 2.70. The van der Waals surface area contributed by atoms with E-state index in [1.165, 1.54) is 0 Å². The second-order valence-corrected chi connectivity index (χ2v) is 6.72. The minimum atomic E-state index is -0.0997. The van der Waals surface area contributed by atoms with E-state index >= 15 is 0 Å². The number of benzene rings is 2. The molecule has 2 atom stereocenters. The summed E-state index contributed by atoms with van der Waals surface area (Å²) in [5, 5.41) is 4.56. The summed E-state index contributed by atoms with van der Waals surface area (Å²) in [6, 6.07) is 13.4. The number of nitrogens with one attached hydrogen (secondary N) is 1. The number of carbonyl (C=O) groups excluding carboxylic acids is 1. The molecule has 0 aromatic heterocycles. The van der Waals surface area contributed by atoms with Crippen molar-refractivity contribution < 1.29 is 4.79 Å². The van der Waals surface area contributed by atoms with Crippen molar-refractivity contribution in [2.45, 2.75) is 32.4 Å². The Kier molecular flexibility index (Phi) is 4.51. The number of hydrogen-bond donors (Lipinski definition) is 1. The number of anilines is 2. The molecule has 1 aliphatic heterocycles. The Bertz CT molecular complexity index is 733. The first-order valence-electron chi connectivity index (χ1n) is 7.57. The molecule has 0 radical (unpaired) electrons. The van der Waals surface area contributed by atoms with Gasteiger partial charge in [-0.05, 0) is 37.6 Å². The minimum absolute atomic E-state index is 0.00246. The number of fused-ring (bicyclic) bond motifs is 1. The van der Waals surface area contributed by atoms with Crippen molar-refractivity contribution in [1.29, 1.82) is 0 Å². The van der Waals surface area contributed by atoms with E-state index < -0.39 is 0 Å². The fourth-order valence-electron chi connectivity index (χ4n) is 3.19. The molecule has 0 aliphatic carbocycles. The van der Waals surface area contributed by atoms with Gasteiger partial charge in [-0.1, -0.05) is 41.4 Å². The van der Waals surface area contributed by atoms with Gasteiger partial charge in [0.25, 0.3) is 0 Å². The molecule has 120 valence electrons. The van der Waals surface area contributed by atoms with E-state index in [1.54, 1.807) is 13.0 Å². The van der Waals surface area contributed by atoms with E-state index in [-0.39, 0.29) is 18.0 Å². The van der Waals surface area contributed by atoms with E-state index in [9.17, 15) is 4.79 Å². The smallest absolute Gasteiger partial charge is 0.224 e. The summed E-state index contributed by atoms with van der Waals surface area (Å²) in [4.78, 5) is 14.2. The average Bonchev–Trinajstić information content (AvgIpc) is 2.49. The van der Waals surface area contributed by atoms with Gasteiger partial charge in [-0.3, -0.25) is 4.79 Å². The van der Waals surface area contributed by atoms with Gasteiger partial charge in [0.1, 0.15) is 0 Å². The molecule has 5 heteroatoms. The fourth-order valence-corrected chi connectivity index (χ4v) is 3.75. The van der Waals surface area contributed by atoms with Crippen molar-refractivity contribution >= 4 is 40.5 Å². The highest BCUT2D eigenvalue weighted by Crippen LogP contribution is 2.43. The summed E-state index contributed by atoms with van der Waals surface area (Å²) in [5.74, 6) is -0.00246. The van der Waals surface area contributed by atoms with Crippen molar-refractivity contribution in [1.82, 2.24) is 0 Å². The lowest BCUT2D eigenvalue weighted by molar-refractivity contribution is -0.117. The van der Waals surface area contributed by atoms with Crippen LogP contribution >= 0.6 is 23.2 Å². The quantitative estimate of drug-likeness (QED) is 0.799. The van der Waals surface area contributed by atoms with Crippen molar-refractivity contribution in [2.75, 3.05) is 10.2 Å².